The van der Waals surface area contributed by atoms with Crippen LogP contribution in [0.2, 0.25) is 0 Å². The summed E-state index contributed by atoms with van der Waals surface area (Å²) < 4.78 is 25.0. The van der Waals surface area contributed by atoms with Crippen LogP contribution in [0.25, 0.3) is 0 Å². The predicted octanol–water partition coefficient (Wildman–Crippen LogP) is 4.50. The van der Waals surface area contributed by atoms with Gasteiger partial charge in [0.2, 0.25) is 0 Å². The van der Waals surface area contributed by atoms with E-state index < -0.39 is 11.2 Å². The fourth-order valence-electron chi connectivity index (χ4n) is 5.24. The molecule has 1 aromatic rings. The molecule has 7 heteroatoms. The zero-order chi connectivity index (χ0) is 24.0. The van der Waals surface area contributed by atoms with Gasteiger partial charge in [-0.25, -0.2) is 4.79 Å². The van der Waals surface area contributed by atoms with Crippen LogP contribution in [-0.2, 0) is 9.47 Å². The van der Waals surface area contributed by atoms with Gasteiger partial charge in [0.15, 0.2) is 11.5 Å². The molecule has 1 amide bonds. The van der Waals surface area contributed by atoms with Crippen LogP contribution >= 0.6 is 0 Å². The second kappa shape index (κ2) is 8.99. The predicted molar refractivity (Wildman–Crippen MR) is 127 cm³/mol. The zero-order valence-electron chi connectivity index (χ0n) is 21.2. The van der Waals surface area contributed by atoms with Gasteiger partial charge in [-0.1, -0.05) is 12.1 Å². The Balaban J connectivity index is 1.52. The van der Waals surface area contributed by atoms with E-state index in [-0.39, 0.29) is 30.1 Å². The van der Waals surface area contributed by atoms with E-state index in [1.807, 2.05) is 51.9 Å². The number of hydrogen-bond acceptors (Lipinski definition) is 6. The number of piperidine rings is 1. The Morgan fingerprint density at radius 3 is 2.73 bits per heavy atom. The van der Waals surface area contributed by atoms with Crippen LogP contribution in [-0.4, -0.2) is 73.5 Å². The average molecular weight is 461 g/mol. The Morgan fingerprint density at radius 1 is 1.27 bits per heavy atom. The van der Waals surface area contributed by atoms with Gasteiger partial charge < -0.3 is 28.7 Å². The van der Waals surface area contributed by atoms with Crippen molar-refractivity contribution >= 4 is 6.09 Å². The molecule has 0 aromatic heterocycles. The van der Waals surface area contributed by atoms with Crippen LogP contribution in [0.5, 0.6) is 11.5 Å². The van der Waals surface area contributed by atoms with E-state index in [9.17, 15) is 4.79 Å². The number of benzene rings is 1. The topological polar surface area (TPSA) is 60.5 Å². The summed E-state index contributed by atoms with van der Waals surface area (Å²) in [4.78, 5) is 16.6. The van der Waals surface area contributed by atoms with Gasteiger partial charge in [0, 0.05) is 37.0 Å². The van der Waals surface area contributed by atoms with Gasteiger partial charge in [0.05, 0.1) is 12.2 Å². The molecule has 0 bridgehead atoms. The number of rotatable bonds is 4. The highest BCUT2D eigenvalue weighted by molar-refractivity contribution is 5.68. The smallest absolute Gasteiger partial charge is 0.410 e. The Bertz CT molecular complexity index is 863. The van der Waals surface area contributed by atoms with Crippen LogP contribution in [0, 0.1) is 11.8 Å². The third kappa shape index (κ3) is 5.24. The number of fused-ring (bicyclic) bond motifs is 4. The molecule has 2 fully saturated rings. The second-order valence-electron chi connectivity index (χ2n) is 11.4. The van der Waals surface area contributed by atoms with Crippen LogP contribution < -0.4 is 9.47 Å². The molecule has 3 aliphatic heterocycles. The Kier molecular flexibility index (Phi) is 6.58. The van der Waals surface area contributed by atoms with Crippen molar-refractivity contribution in [3.8, 4) is 11.5 Å². The summed E-state index contributed by atoms with van der Waals surface area (Å²) in [7, 11) is 4.07. The summed E-state index contributed by atoms with van der Waals surface area (Å²) in [6.07, 6.45) is 1.64. The first-order valence-electron chi connectivity index (χ1n) is 12.2. The van der Waals surface area contributed by atoms with E-state index in [0.29, 0.717) is 19.7 Å². The summed E-state index contributed by atoms with van der Waals surface area (Å²) >= 11 is 0. The molecule has 0 N–H and O–H groups in total. The van der Waals surface area contributed by atoms with Gasteiger partial charge in [0.1, 0.15) is 17.8 Å². The summed E-state index contributed by atoms with van der Waals surface area (Å²) in [6, 6.07) is 6.12. The lowest BCUT2D eigenvalue weighted by atomic mass is 9.70. The Morgan fingerprint density at radius 2 is 2.03 bits per heavy atom. The lowest BCUT2D eigenvalue weighted by Gasteiger charge is -2.53. The normalized spacial score (nSPS) is 28.3. The maximum absolute atomic E-state index is 12.6. The summed E-state index contributed by atoms with van der Waals surface area (Å²) in [5.74, 6) is 2.07. The SMILES string of the molecule is CN(C)CCOc1cccc2c1OC(C)(C)[C@@H]1C[C@@H]3CN(C(=O)OC(C)(C)C)CC[C@H]3O[C@@H]21. The van der Waals surface area contributed by atoms with Crippen molar-refractivity contribution in [1.29, 1.82) is 0 Å². The Hall–Kier alpha value is -1.99. The molecule has 184 valence electrons. The number of carbonyl (C=O) groups excluding carboxylic acids is 1. The van der Waals surface area contributed by atoms with E-state index in [1.54, 1.807) is 0 Å². The largest absolute Gasteiger partial charge is 0.488 e. The molecule has 3 aliphatic rings. The molecule has 7 nitrogen and oxygen atoms in total. The first-order valence-corrected chi connectivity index (χ1v) is 12.2. The van der Waals surface area contributed by atoms with Gasteiger partial charge in [0.25, 0.3) is 0 Å². The third-order valence-corrected chi connectivity index (χ3v) is 6.93. The van der Waals surface area contributed by atoms with Crippen molar-refractivity contribution in [1.82, 2.24) is 9.80 Å². The molecule has 0 spiro atoms. The van der Waals surface area contributed by atoms with Gasteiger partial charge in [-0.15, -0.1) is 0 Å². The van der Waals surface area contributed by atoms with Crippen molar-refractivity contribution in [3.05, 3.63) is 23.8 Å². The van der Waals surface area contributed by atoms with Crippen molar-refractivity contribution in [2.75, 3.05) is 40.3 Å². The van der Waals surface area contributed by atoms with E-state index in [2.05, 4.69) is 24.8 Å². The minimum Gasteiger partial charge on any atom is -0.488 e. The van der Waals surface area contributed by atoms with Crippen molar-refractivity contribution < 1.29 is 23.7 Å². The molecule has 3 heterocycles. The van der Waals surface area contributed by atoms with Gasteiger partial charge in [-0.2, -0.15) is 0 Å². The number of likely N-dealkylation sites (tertiary alicyclic amines) is 1. The van der Waals surface area contributed by atoms with Crippen molar-refractivity contribution in [3.63, 3.8) is 0 Å². The fraction of sp³-hybridized carbons (Fsp3) is 0.731. The quantitative estimate of drug-likeness (QED) is 0.659. The van der Waals surface area contributed by atoms with Gasteiger partial charge in [-0.3, -0.25) is 0 Å². The molecule has 33 heavy (non-hydrogen) atoms. The average Bonchev–Trinajstić information content (AvgIpc) is 2.71. The van der Waals surface area contributed by atoms with Crippen molar-refractivity contribution in [2.24, 2.45) is 11.8 Å². The van der Waals surface area contributed by atoms with Gasteiger partial charge >= 0.3 is 6.09 Å². The molecule has 0 saturated carbocycles. The van der Waals surface area contributed by atoms with Crippen LogP contribution in [0.3, 0.4) is 0 Å². The van der Waals surface area contributed by atoms with E-state index in [0.717, 1.165) is 36.4 Å². The molecular formula is C26H40N2O5. The fourth-order valence-corrected chi connectivity index (χ4v) is 5.24. The molecule has 0 radical (unpaired) electrons. The molecule has 1 aromatic carbocycles. The molecule has 0 aliphatic carbocycles. The number of para-hydroxylation sites is 1. The number of hydrogen-bond donors (Lipinski definition) is 0. The maximum atomic E-state index is 12.6. The highest BCUT2D eigenvalue weighted by atomic mass is 16.6. The van der Waals surface area contributed by atoms with E-state index >= 15 is 0 Å². The number of nitrogens with zero attached hydrogens (tertiary/aromatic N) is 2. The van der Waals surface area contributed by atoms with E-state index in [1.165, 1.54) is 0 Å². The molecule has 2 saturated heterocycles. The van der Waals surface area contributed by atoms with Gasteiger partial charge in [-0.05, 0) is 67.6 Å². The zero-order valence-corrected chi connectivity index (χ0v) is 21.2. The number of carbonyl (C=O) groups is 1. The molecule has 4 atom stereocenters. The second-order valence-corrected chi connectivity index (χ2v) is 11.4. The molecule has 0 unspecified atom stereocenters. The van der Waals surface area contributed by atoms with Crippen molar-refractivity contribution in [2.45, 2.75) is 70.9 Å². The molecular weight excluding hydrogens is 420 g/mol. The summed E-state index contributed by atoms with van der Waals surface area (Å²) in [5, 5.41) is 0. The lowest BCUT2D eigenvalue weighted by Crippen LogP contribution is -2.56. The maximum Gasteiger partial charge on any atom is 0.410 e. The molecule has 4 rings (SSSR count). The highest BCUT2D eigenvalue weighted by Crippen LogP contribution is 2.55. The third-order valence-electron chi connectivity index (χ3n) is 6.93. The van der Waals surface area contributed by atoms with Crippen LogP contribution in [0.15, 0.2) is 18.2 Å². The number of amides is 1. The first kappa shape index (κ1) is 24.1. The monoisotopic (exact) mass is 460 g/mol. The summed E-state index contributed by atoms with van der Waals surface area (Å²) in [6.45, 7) is 12.8. The van der Waals surface area contributed by atoms with Crippen LogP contribution in [0.1, 0.15) is 59.1 Å². The standard InChI is InChI=1S/C26H40N2O5/c1-25(2,3)33-24(29)28-12-11-20-17(16-28)15-19-22(31-20)18-9-8-10-21(30-14-13-27(6)7)23(18)32-26(19,4)5/h8-10,17,19-20,22H,11-16H2,1-7H3/t17-,19-,20-,22+/m1/s1. The number of likely N-dealkylation sites (N-methyl/N-ethyl adjacent to an activating group) is 1. The highest BCUT2D eigenvalue weighted by Gasteiger charge is 2.52. The van der Waals surface area contributed by atoms with E-state index in [4.69, 9.17) is 18.9 Å². The minimum atomic E-state index is -0.489. The minimum absolute atomic E-state index is 0.0320. The summed E-state index contributed by atoms with van der Waals surface area (Å²) in [5.41, 5.74) is 0.185. The Labute approximate surface area is 198 Å². The van der Waals surface area contributed by atoms with Crippen LogP contribution in [0.4, 0.5) is 4.79 Å². The number of ether oxygens (including phenoxy) is 4. The lowest BCUT2D eigenvalue weighted by molar-refractivity contribution is -0.186. The first-order chi connectivity index (χ1) is 15.4.